The topological polar surface area (TPSA) is 15.3 Å². The van der Waals surface area contributed by atoms with Crippen LogP contribution in [0.3, 0.4) is 0 Å². The van der Waals surface area contributed by atoms with Crippen molar-refractivity contribution < 1.29 is 0 Å². The zero-order valence-electron chi connectivity index (χ0n) is 11.0. The molecule has 3 heteroatoms. The van der Waals surface area contributed by atoms with Gasteiger partial charge in [-0.2, -0.15) is 0 Å². The van der Waals surface area contributed by atoms with Crippen molar-refractivity contribution in [3.63, 3.8) is 0 Å². The van der Waals surface area contributed by atoms with E-state index in [1.807, 2.05) is 0 Å². The molecule has 0 unspecified atom stereocenters. The maximum Gasteiger partial charge on any atom is 0.168 e. The quantitative estimate of drug-likeness (QED) is 0.763. The van der Waals surface area contributed by atoms with Gasteiger partial charge in [-0.15, -0.1) is 0 Å². The summed E-state index contributed by atoms with van der Waals surface area (Å²) in [5.41, 5.74) is 0. The molecule has 0 saturated heterocycles. The minimum Gasteiger partial charge on any atom is -0.362 e. The van der Waals surface area contributed by atoms with E-state index in [0.717, 1.165) is 24.1 Å². The third-order valence-corrected chi connectivity index (χ3v) is 3.72. The van der Waals surface area contributed by atoms with Gasteiger partial charge in [-0.3, -0.25) is 0 Å². The van der Waals surface area contributed by atoms with Crippen molar-refractivity contribution in [3.8, 4) is 0 Å². The van der Waals surface area contributed by atoms with Gasteiger partial charge in [0.1, 0.15) is 0 Å². The van der Waals surface area contributed by atoms with E-state index in [4.69, 9.17) is 12.2 Å². The highest BCUT2D eigenvalue weighted by molar-refractivity contribution is 7.80. The summed E-state index contributed by atoms with van der Waals surface area (Å²) in [6.45, 7) is 6.52. The number of nitrogens with zero attached hydrogens (tertiary/aromatic N) is 1. The van der Waals surface area contributed by atoms with Crippen LogP contribution in [-0.2, 0) is 0 Å². The molecule has 0 aliphatic heterocycles. The summed E-state index contributed by atoms with van der Waals surface area (Å²) >= 11 is 5.38. The Morgan fingerprint density at radius 1 is 1.31 bits per heavy atom. The van der Waals surface area contributed by atoms with Gasteiger partial charge in [0.25, 0.3) is 0 Å². The smallest absolute Gasteiger partial charge is 0.168 e. The zero-order valence-corrected chi connectivity index (χ0v) is 11.8. The second kappa shape index (κ2) is 7.10. The fourth-order valence-electron chi connectivity index (χ4n) is 2.27. The average molecular weight is 242 g/mol. The predicted molar refractivity (Wildman–Crippen MR) is 74.6 cm³/mol. The van der Waals surface area contributed by atoms with Gasteiger partial charge >= 0.3 is 0 Å². The van der Waals surface area contributed by atoms with Crippen LogP contribution < -0.4 is 5.32 Å². The molecule has 0 spiro atoms. The molecule has 94 valence electrons. The second-order valence-corrected chi connectivity index (χ2v) is 5.85. The minimum absolute atomic E-state index is 0.654. The van der Waals surface area contributed by atoms with Gasteiger partial charge in [0.05, 0.1) is 0 Å². The van der Waals surface area contributed by atoms with Gasteiger partial charge in [0, 0.05) is 20.1 Å². The molecule has 0 radical (unpaired) electrons. The minimum atomic E-state index is 0.654. The largest absolute Gasteiger partial charge is 0.362 e. The normalized spacial score (nSPS) is 17.5. The Balaban J connectivity index is 2.21. The lowest BCUT2D eigenvalue weighted by molar-refractivity contribution is 0.294. The van der Waals surface area contributed by atoms with Crippen LogP contribution in [0, 0.1) is 11.8 Å². The Labute approximate surface area is 106 Å². The number of nitrogens with one attached hydrogen (secondary N) is 1. The molecule has 1 rings (SSSR count). The van der Waals surface area contributed by atoms with Crippen molar-refractivity contribution in [3.05, 3.63) is 0 Å². The molecule has 1 fully saturated rings. The Bertz CT molecular complexity index is 210. The van der Waals surface area contributed by atoms with E-state index in [1.54, 1.807) is 0 Å². The Morgan fingerprint density at radius 2 is 1.94 bits per heavy atom. The lowest BCUT2D eigenvalue weighted by atomic mass is 9.89. The van der Waals surface area contributed by atoms with Gasteiger partial charge < -0.3 is 10.2 Å². The summed E-state index contributed by atoms with van der Waals surface area (Å²) in [6.07, 6.45) is 7.01. The highest BCUT2D eigenvalue weighted by atomic mass is 32.1. The van der Waals surface area contributed by atoms with Crippen LogP contribution in [0.4, 0.5) is 0 Å². The SMILES string of the molecule is CC(C)CNC(=S)N(C)CC1CCCCC1. The molecule has 1 aliphatic carbocycles. The lowest BCUT2D eigenvalue weighted by Crippen LogP contribution is -2.41. The average Bonchev–Trinajstić information content (AvgIpc) is 2.27. The summed E-state index contributed by atoms with van der Waals surface area (Å²) in [5.74, 6) is 1.51. The van der Waals surface area contributed by atoms with Crippen LogP contribution in [0.15, 0.2) is 0 Å². The van der Waals surface area contributed by atoms with Gasteiger partial charge in [-0.05, 0) is 36.9 Å². The second-order valence-electron chi connectivity index (χ2n) is 5.46. The van der Waals surface area contributed by atoms with E-state index < -0.39 is 0 Å². The van der Waals surface area contributed by atoms with Crippen LogP contribution in [0.2, 0.25) is 0 Å². The van der Waals surface area contributed by atoms with Crippen LogP contribution in [0.1, 0.15) is 46.0 Å². The molecule has 0 atom stereocenters. The first-order chi connectivity index (χ1) is 7.59. The van der Waals surface area contributed by atoms with Crippen LogP contribution in [-0.4, -0.2) is 30.1 Å². The Kier molecular flexibility index (Phi) is 6.10. The molecule has 0 aromatic carbocycles. The predicted octanol–water partition coefficient (Wildman–Crippen LogP) is 3.03. The van der Waals surface area contributed by atoms with Crippen molar-refractivity contribution in [2.24, 2.45) is 11.8 Å². The molecule has 0 aromatic rings. The number of thiocarbonyl (C=S) groups is 1. The molecule has 1 N–H and O–H groups in total. The van der Waals surface area contributed by atoms with Crippen molar-refractivity contribution in [1.82, 2.24) is 10.2 Å². The molecule has 0 amide bonds. The summed E-state index contributed by atoms with van der Waals surface area (Å²) in [6, 6.07) is 0. The molecule has 1 aliphatic rings. The number of rotatable bonds is 4. The summed E-state index contributed by atoms with van der Waals surface area (Å²) in [7, 11) is 2.12. The first kappa shape index (κ1) is 13.8. The molecular formula is C13H26N2S. The molecule has 2 nitrogen and oxygen atoms in total. The molecule has 0 bridgehead atoms. The molecule has 0 heterocycles. The zero-order chi connectivity index (χ0) is 12.0. The van der Waals surface area contributed by atoms with Crippen LogP contribution in [0.5, 0.6) is 0 Å². The van der Waals surface area contributed by atoms with E-state index in [9.17, 15) is 0 Å². The maximum absolute atomic E-state index is 5.38. The first-order valence-electron chi connectivity index (χ1n) is 6.58. The third kappa shape index (κ3) is 5.15. The first-order valence-corrected chi connectivity index (χ1v) is 6.99. The highest BCUT2D eigenvalue weighted by Gasteiger charge is 2.16. The van der Waals surface area contributed by atoms with E-state index in [-0.39, 0.29) is 0 Å². The molecule has 1 saturated carbocycles. The van der Waals surface area contributed by atoms with Gasteiger partial charge in [0.15, 0.2) is 5.11 Å². The monoisotopic (exact) mass is 242 g/mol. The van der Waals surface area contributed by atoms with E-state index in [1.165, 1.54) is 32.1 Å². The fourth-order valence-corrected chi connectivity index (χ4v) is 2.42. The summed E-state index contributed by atoms with van der Waals surface area (Å²) in [5, 5.41) is 4.24. The van der Waals surface area contributed by atoms with E-state index in [0.29, 0.717) is 5.92 Å². The van der Waals surface area contributed by atoms with Gasteiger partial charge in [-0.25, -0.2) is 0 Å². The fraction of sp³-hybridized carbons (Fsp3) is 0.923. The van der Waals surface area contributed by atoms with E-state index >= 15 is 0 Å². The maximum atomic E-state index is 5.38. The highest BCUT2D eigenvalue weighted by Crippen LogP contribution is 2.24. The van der Waals surface area contributed by atoms with Crippen LogP contribution >= 0.6 is 12.2 Å². The van der Waals surface area contributed by atoms with Gasteiger partial charge in [-0.1, -0.05) is 33.1 Å². The Hall–Kier alpha value is -0.310. The number of hydrogen-bond acceptors (Lipinski definition) is 1. The molecular weight excluding hydrogens is 216 g/mol. The summed E-state index contributed by atoms with van der Waals surface area (Å²) < 4.78 is 0. The summed E-state index contributed by atoms with van der Waals surface area (Å²) in [4.78, 5) is 2.22. The number of hydrogen-bond donors (Lipinski definition) is 1. The molecule has 16 heavy (non-hydrogen) atoms. The van der Waals surface area contributed by atoms with Crippen molar-refractivity contribution >= 4 is 17.3 Å². The van der Waals surface area contributed by atoms with Crippen molar-refractivity contribution in [2.45, 2.75) is 46.0 Å². The van der Waals surface area contributed by atoms with Crippen LogP contribution in [0.25, 0.3) is 0 Å². The van der Waals surface area contributed by atoms with Gasteiger partial charge in [0.2, 0.25) is 0 Å². The lowest BCUT2D eigenvalue weighted by Gasteiger charge is -2.29. The Morgan fingerprint density at radius 3 is 2.50 bits per heavy atom. The standard InChI is InChI=1S/C13H26N2S/c1-11(2)9-14-13(16)15(3)10-12-7-5-4-6-8-12/h11-12H,4-10H2,1-3H3,(H,14,16). The van der Waals surface area contributed by atoms with Crippen molar-refractivity contribution in [1.29, 1.82) is 0 Å². The molecule has 0 aromatic heterocycles. The third-order valence-electron chi connectivity index (χ3n) is 3.27. The van der Waals surface area contributed by atoms with E-state index in [2.05, 4.69) is 31.1 Å². The van der Waals surface area contributed by atoms with Crippen molar-refractivity contribution in [2.75, 3.05) is 20.1 Å².